The molecular formula is C14H19N3O2. The Bertz CT molecular complexity index is 517. The van der Waals surface area contributed by atoms with Gasteiger partial charge in [-0.05, 0) is 37.9 Å². The maximum absolute atomic E-state index is 5.85. The van der Waals surface area contributed by atoms with Gasteiger partial charge in [0, 0.05) is 25.2 Å². The van der Waals surface area contributed by atoms with Crippen molar-refractivity contribution in [1.29, 1.82) is 0 Å². The molecule has 0 amide bonds. The Morgan fingerprint density at radius 3 is 2.95 bits per heavy atom. The largest absolute Gasteiger partial charge is 0.461 e. The van der Waals surface area contributed by atoms with Gasteiger partial charge in [-0.25, -0.2) is 0 Å². The van der Waals surface area contributed by atoms with Crippen molar-refractivity contribution in [2.24, 2.45) is 11.7 Å². The molecule has 1 unspecified atom stereocenters. The average molecular weight is 261 g/mol. The molecule has 2 aromatic heterocycles. The average Bonchev–Trinajstić information content (AvgIpc) is 2.93. The van der Waals surface area contributed by atoms with Gasteiger partial charge in [0.2, 0.25) is 5.76 Å². The van der Waals surface area contributed by atoms with Crippen LogP contribution < -0.4 is 5.73 Å². The highest BCUT2D eigenvalue weighted by Gasteiger charge is 2.33. The van der Waals surface area contributed by atoms with Gasteiger partial charge in [-0.1, -0.05) is 5.16 Å². The quantitative estimate of drug-likeness (QED) is 0.862. The lowest BCUT2D eigenvalue weighted by Gasteiger charge is -2.25. The molecule has 1 atom stereocenters. The standard InChI is InChI=1S/C14H19N3O2/c1-17(12(8-15)10-4-5-10)9-11-7-14(19-16-11)13-3-2-6-18-13/h2-3,6-7,10,12H,4-5,8-9,15H2,1H3. The molecule has 1 aliphatic rings. The summed E-state index contributed by atoms with van der Waals surface area (Å²) in [5.74, 6) is 2.13. The summed E-state index contributed by atoms with van der Waals surface area (Å²) in [6.45, 7) is 1.45. The highest BCUT2D eigenvalue weighted by molar-refractivity contribution is 5.49. The molecular weight excluding hydrogens is 242 g/mol. The Labute approximate surface area is 112 Å². The van der Waals surface area contributed by atoms with Crippen LogP contribution in [0, 0.1) is 5.92 Å². The van der Waals surface area contributed by atoms with Gasteiger partial charge in [0.25, 0.3) is 0 Å². The first-order valence-electron chi connectivity index (χ1n) is 6.67. The number of nitrogens with two attached hydrogens (primary N) is 1. The normalized spacial score (nSPS) is 17.0. The predicted octanol–water partition coefficient (Wildman–Crippen LogP) is 2.10. The van der Waals surface area contributed by atoms with Crippen molar-refractivity contribution in [1.82, 2.24) is 10.1 Å². The van der Waals surface area contributed by atoms with Crippen LogP contribution in [-0.2, 0) is 6.54 Å². The Balaban J connectivity index is 1.66. The lowest BCUT2D eigenvalue weighted by Crippen LogP contribution is -2.39. The van der Waals surface area contributed by atoms with E-state index in [1.807, 2.05) is 18.2 Å². The summed E-state index contributed by atoms with van der Waals surface area (Å²) < 4.78 is 10.6. The van der Waals surface area contributed by atoms with Gasteiger partial charge in [0.05, 0.1) is 12.0 Å². The zero-order valence-electron chi connectivity index (χ0n) is 11.1. The van der Waals surface area contributed by atoms with Gasteiger partial charge in [0.1, 0.15) is 0 Å². The molecule has 1 aliphatic carbocycles. The van der Waals surface area contributed by atoms with Crippen LogP contribution in [0.5, 0.6) is 0 Å². The fraction of sp³-hybridized carbons (Fsp3) is 0.500. The molecule has 1 fully saturated rings. The van der Waals surface area contributed by atoms with Gasteiger partial charge in [-0.3, -0.25) is 4.90 Å². The van der Waals surface area contributed by atoms with Gasteiger partial charge < -0.3 is 14.7 Å². The molecule has 2 N–H and O–H groups in total. The molecule has 0 aromatic carbocycles. The maximum atomic E-state index is 5.85. The summed E-state index contributed by atoms with van der Waals surface area (Å²) in [6.07, 6.45) is 4.21. The summed E-state index contributed by atoms with van der Waals surface area (Å²) in [5.41, 5.74) is 6.76. The highest BCUT2D eigenvalue weighted by atomic mass is 16.5. The second kappa shape index (κ2) is 5.19. The van der Waals surface area contributed by atoms with Gasteiger partial charge in [0.15, 0.2) is 5.76 Å². The van der Waals surface area contributed by atoms with Crippen molar-refractivity contribution in [2.75, 3.05) is 13.6 Å². The molecule has 19 heavy (non-hydrogen) atoms. The third-order valence-electron chi connectivity index (χ3n) is 3.71. The summed E-state index contributed by atoms with van der Waals surface area (Å²) >= 11 is 0. The van der Waals surface area contributed by atoms with E-state index in [-0.39, 0.29) is 0 Å². The van der Waals surface area contributed by atoms with Gasteiger partial charge >= 0.3 is 0 Å². The first-order chi connectivity index (χ1) is 9.28. The molecule has 2 aromatic rings. The van der Waals surface area contributed by atoms with Crippen molar-refractivity contribution in [3.8, 4) is 11.5 Å². The lowest BCUT2D eigenvalue weighted by molar-refractivity contribution is 0.210. The third-order valence-corrected chi connectivity index (χ3v) is 3.71. The molecule has 1 saturated carbocycles. The van der Waals surface area contributed by atoms with E-state index in [1.54, 1.807) is 6.26 Å². The molecule has 0 spiro atoms. The Kier molecular flexibility index (Phi) is 3.40. The van der Waals surface area contributed by atoms with Crippen molar-refractivity contribution in [3.63, 3.8) is 0 Å². The van der Waals surface area contributed by atoms with Crippen molar-refractivity contribution < 1.29 is 8.94 Å². The van der Waals surface area contributed by atoms with E-state index >= 15 is 0 Å². The monoisotopic (exact) mass is 261 g/mol. The fourth-order valence-electron chi connectivity index (χ4n) is 2.51. The zero-order valence-corrected chi connectivity index (χ0v) is 11.1. The van der Waals surface area contributed by atoms with E-state index < -0.39 is 0 Å². The molecule has 0 radical (unpaired) electrons. The second-order valence-electron chi connectivity index (χ2n) is 5.22. The van der Waals surface area contributed by atoms with E-state index in [9.17, 15) is 0 Å². The summed E-state index contributed by atoms with van der Waals surface area (Å²) in [6, 6.07) is 6.07. The van der Waals surface area contributed by atoms with Crippen LogP contribution in [0.2, 0.25) is 0 Å². The van der Waals surface area contributed by atoms with E-state index in [0.717, 1.165) is 18.2 Å². The van der Waals surface area contributed by atoms with E-state index in [2.05, 4.69) is 17.1 Å². The minimum absolute atomic E-state index is 0.448. The minimum atomic E-state index is 0.448. The number of furan rings is 1. The number of hydrogen-bond acceptors (Lipinski definition) is 5. The number of likely N-dealkylation sites (N-methyl/N-ethyl adjacent to an activating group) is 1. The first-order valence-corrected chi connectivity index (χ1v) is 6.67. The first kappa shape index (κ1) is 12.4. The smallest absolute Gasteiger partial charge is 0.202 e. The molecule has 3 rings (SSSR count). The zero-order chi connectivity index (χ0) is 13.2. The maximum Gasteiger partial charge on any atom is 0.202 e. The molecule has 5 heteroatoms. The molecule has 102 valence electrons. The molecule has 0 bridgehead atoms. The van der Waals surface area contributed by atoms with Crippen LogP contribution in [0.25, 0.3) is 11.5 Å². The van der Waals surface area contributed by atoms with E-state index in [1.165, 1.54) is 12.8 Å². The topological polar surface area (TPSA) is 68.4 Å². The summed E-state index contributed by atoms with van der Waals surface area (Å²) in [7, 11) is 2.09. The second-order valence-corrected chi connectivity index (χ2v) is 5.22. The summed E-state index contributed by atoms with van der Waals surface area (Å²) in [4.78, 5) is 2.27. The van der Waals surface area contributed by atoms with Crippen molar-refractivity contribution in [3.05, 3.63) is 30.2 Å². The fourth-order valence-corrected chi connectivity index (χ4v) is 2.51. The Morgan fingerprint density at radius 2 is 2.32 bits per heavy atom. The van der Waals surface area contributed by atoms with Crippen LogP contribution in [0.3, 0.4) is 0 Å². The molecule has 5 nitrogen and oxygen atoms in total. The number of hydrogen-bond donors (Lipinski definition) is 1. The SMILES string of the molecule is CN(Cc1cc(-c2ccco2)on1)C(CN)C1CC1. The van der Waals surface area contributed by atoms with Gasteiger partial charge in [-0.2, -0.15) is 0 Å². The number of aromatic nitrogens is 1. The van der Waals surface area contributed by atoms with Crippen LogP contribution in [0.15, 0.2) is 33.4 Å². The lowest BCUT2D eigenvalue weighted by atomic mass is 10.1. The number of nitrogens with zero attached hydrogens (tertiary/aromatic N) is 2. The molecule has 2 heterocycles. The highest BCUT2D eigenvalue weighted by Crippen LogP contribution is 2.35. The van der Waals surface area contributed by atoms with Crippen molar-refractivity contribution in [2.45, 2.75) is 25.4 Å². The minimum Gasteiger partial charge on any atom is -0.461 e. The van der Waals surface area contributed by atoms with E-state index in [0.29, 0.717) is 24.1 Å². The number of rotatable bonds is 6. The van der Waals surface area contributed by atoms with Crippen LogP contribution in [0.4, 0.5) is 0 Å². The third kappa shape index (κ3) is 2.72. The van der Waals surface area contributed by atoms with Crippen LogP contribution >= 0.6 is 0 Å². The molecule has 0 aliphatic heterocycles. The predicted molar refractivity (Wildman–Crippen MR) is 71.2 cm³/mol. The van der Waals surface area contributed by atoms with Crippen molar-refractivity contribution >= 4 is 0 Å². The van der Waals surface area contributed by atoms with Gasteiger partial charge in [-0.15, -0.1) is 0 Å². The Hall–Kier alpha value is -1.59. The van der Waals surface area contributed by atoms with E-state index in [4.69, 9.17) is 14.7 Å². The van der Waals surface area contributed by atoms with Crippen LogP contribution in [-0.4, -0.2) is 29.7 Å². The molecule has 0 saturated heterocycles. The Morgan fingerprint density at radius 1 is 1.47 bits per heavy atom. The summed E-state index contributed by atoms with van der Waals surface area (Å²) in [5, 5.41) is 4.09. The van der Waals surface area contributed by atoms with Crippen LogP contribution in [0.1, 0.15) is 18.5 Å².